The van der Waals surface area contributed by atoms with E-state index in [0.29, 0.717) is 0 Å². The Balaban J connectivity index is 3.81. The van der Waals surface area contributed by atoms with Crippen LogP contribution in [0.15, 0.2) is 0 Å². The number of nitrogens with one attached hydrogen (secondary N) is 1. The molecule has 0 aliphatic carbocycles. The smallest absolute Gasteiger partial charge is 0.235 e. The Morgan fingerprint density at radius 1 is 1.75 bits per heavy atom. The fourth-order valence-corrected chi connectivity index (χ4v) is 0.803. The summed E-state index contributed by atoms with van der Waals surface area (Å²) in [6, 6.07) is 1.53. The third-order valence-electron chi connectivity index (χ3n) is 1.35. The van der Waals surface area contributed by atoms with E-state index in [4.69, 9.17) is 11.7 Å². The topological polar surface area (TPSA) is 52.9 Å². The molecule has 0 aromatic heterocycles. The maximum Gasteiger partial charge on any atom is 0.235 e. The van der Waals surface area contributed by atoms with Crippen LogP contribution in [0, 0.1) is 23.7 Å². The SMILES string of the molecule is C#CC(CCC)NC(=O)CC#N. The Labute approximate surface area is 72.8 Å². The van der Waals surface area contributed by atoms with Crippen LogP contribution in [0.2, 0.25) is 0 Å². The van der Waals surface area contributed by atoms with Gasteiger partial charge < -0.3 is 5.32 Å². The predicted octanol–water partition coefficient (Wildman–Crippen LogP) is 0.818. The molecule has 64 valence electrons. The van der Waals surface area contributed by atoms with E-state index in [2.05, 4.69) is 11.2 Å². The van der Waals surface area contributed by atoms with Crippen molar-refractivity contribution in [3.8, 4) is 18.4 Å². The second-order valence-electron chi connectivity index (χ2n) is 2.41. The summed E-state index contributed by atoms with van der Waals surface area (Å²) in [4.78, 5) is 10.9. The molecule has 1 amide bonds. The van der Waals surface area contributed by atoms with Crippen LogP contribution in [0.1, 0.15) is 26.2 Å². The molecule has 1 N–H and O–H groups in total. The van der Waals surface area contributed by atoms with Gasteiger partial charge in [-0.2, -0.15) is 5.26 Å². The Morgan fingerprint density at radius 2 is 2.42 bits per heavy atom. The largest absolute Gasteiger partial charge is 0.342 e. The minimum atomic E-state index is -0.297. The molecule has 0 aromatic rings. The van der Waals surface area contributed by atoms with Gasteiger partial charge in [-0.05, 0) is 6.42 Å². The van der Waals surface area contributed by atoms with E-state index in [0.717, 1.165) is 12.8 Å². The van der Waals surface area contributed by atoms with Crippen LogP contribution in [-0.2, 0) is 4.79 Å². The van der Waals surface area contributed by atoms with Crippen molar-refractivity contribution in [2.75, 3.05) is 0 Å². The second-order valence-corrected chi connectivity index (χ2v) is 2.41. The molecule has 1 unspecified atom stereocenters. The van der Waals surface area contributed by atoms with Gasteiger partial charge in [0.2, 0.25) is 5.91 Å². The van der Waals surface area contributed by atoms with Gasteiger partial charge in [0.05, 0.1) is 12.1 Å². The lowest BCUT2D eigenvalue weighted by Gasteiger charge is -2.09. The molecule has 0 saturated heterocycles. The van der Waals surface area contributed by atoms with Crippen LogP contribution >= 0.6 is 0 Å². The maximum atomic E-state index is 10.9. The van der Waals surface area contributed by atoms with E-state index in [9.17, 15) is 4.79 Å². The number of terminal acetylenes is 1. The molecule has 0 saturated carbocycles. The van der Waals surface area contributed by atoms with Crippen LogP contribution in [-0.4, -0.2) is 11.9 Å². The summed E-state index contributed by atoms with van der Waals surface area (Å²) in [5, 5.41) is 10.8. The monoisotopic (exact) mass is 164 g/mol. The Hall–Kier alpha value is -1.48. The Kier molecular flexibility index (Phi) is 5.47. The number of hydrogen-bond acceptors (Lipinski definition) is 2. The molecule has 0 aliphatic heterocycles. The molecule has 0 fully saturated rings. The quantitative estimate of drug-likeness (QED) is 0.625. The zero-order valence-electron chi connectivity index (χ0n) is 7.13. The van der Waals surface area contributed by atoms with E-state index in [1.165, 1.54) is 0 Å². The number of carbonyl (C=O) groups is 1. The first kappa shape index (κ1) is 10.5. The normalized spacial score (nSPS) is 10.9. The highest BCUT2D eigenvalue weighted by Crippen LogP contribution is 1.94. The summed E-state index contributed by atoms with van der Waals surface area (Å²) >= 11 is 0. The number of nitriles is 1. The van der Waals surface area contributed by atoms with E-state index in [1.807, 2.05) is 6.92 Å². The Bertz CT molecular complexity index is 222. The van der Waals surface area contributed by atoms with Crippen LogP contribution in [0.5, 0.6) is 0 Å². The van der Waals surface area contributed by atoms with Crippen molar-refractivity contribution >= 4 is 5.91 Å². The van der Waals surface area contributed by atoms with Gasteiger partial charge >= 0.3 is 0 Å². The third kappa shape index (κ3) is 4.35. The summed E-state index contributed by atoms with van der Waals surface area (Å²) in [7, 11) is 0. The molecule has 0 aliphatic rings. The predicted molar refractivity (Wildman–Crippen MR) is 45.9 cm³/mol. The molecule has 12 heavy (non-hydrogen) atoms. The average Bonchev–Trinajstić information content (AvgIpc) is 2.04. The molecular formula is C9H12N2O. The van der Waals surface area contributed by atoms with Gasteiger partial charge in [-0.25, -0.2) is 0 Å². The summed E-state index contributed by atoms with van der Waals surface area (Å²) < 4.78 is 0. The first-order valence-electron chi connectivity index (χ1n) is 3.87. The number of carbonyl (C=O) groups excluding carboxylic acids is 1. The summed E-state index contributed by atoms with van der Waals surface area (Å²) in [6.45, 7) is 1.99. The lowest BCUT2D eigenvalue weighted by atomic mass is 10.2. The highest BCUT2D eigenvalue weighted by Gasteiger charge is 2.06. The minimum Gasteiger partial charge on any atom is -0.342 e. The van der Waals surface area contributed by atoms with Crippen LogP contribution in [0.3, 0.4) is 0 Å². The summed E-state index contributed by atoms with van der Waals surface area (Å²) in [5.41, 5.74) is 0. The van der Waals surface area contributed by atoms with Gasteiger partial charge in [-0.1, -0.05) is 19.3 Å². The van der Waals surface area contributed by atoms with Crippen molar-refractivity contribution in [1.82, 2.24) is 5.32 Å². The molecule has 0 rings (SSSR count). The standard InChI is InChI=1S/C9H12N2O/c1-3-5-8(4-2)11-9(12)6-7-10/h2,8H,3,5-6H2,1H3,(H,11,12). The van der Waals surface area contributed by atoms with Crippen LogP contribution in [0.4, 0.5) is 0 Å². The molecule has 3 heteroatoms. The minimum absolute atomic E-state index is 0.123. The molecule has 0 aromatic carbocycles. The highest BCUT2D eigenvalue weighted by atomic mass is 16.1. The zero-order valence-corrected chi connectivity index (χ0v) is 7.13. The van der Waals surface area contributed by atoms with E-state index in [-0.39, 0.29) is 18.4 Å². The molecule has 0 spiro atoms. The van der Waals surface area contributed by atoms with E-state index >= 15 is 0 Å². The zero-order chi connectivity index (χ0) is 9.40. The molecule has 0 bridgehead atoms. The van der Waals surface area contributed by atoms with Gasteiger partial charge in [0.15, 0.2) is 0 Å². The first-order valence-corrected chi connectivity index (χ1v) is 3.87. The number of nitrogens with zero attached hydrogens (tertiary/aromatic N) is 1. The van der Waals surface area contributed by atoms with Crippen LogP contribution in [0.25, 0.3) is 0 Å². The first-order chi connectivity index (χ1) is 5.74. The van der Waals surface area contributed by atoms with Crippen molar-refractivity contribution in [2.24, 2.45) is 0 Å². The lowest BCUT2D eigenvalue weighted by molar-refractivity contribution is -0.120. The van der Waals surface area contributed by atoms with Crippen molar-refractivity contribution in [3.05, 3.63) is 0 Å². The van der Waals surface area contributed by atoms with Crippen molar-refractivity contribution in [3.63, 3.8) is 0 Å². The van der Waals surface area contributed by atoms with Crippen molar-refractivity contribution in [2.45, 2.75) is 32.2 Å². The van der Waals surface area contributed by atoms with Gasteiger partial charge in [-0.3, -0.25) is 4.79 Å². The van der Waals surface area contributed by atoms with E-state index in [1.54, 1.807) is 6.07 Å². The van der Waals surface area contributed by atoms with Gasteiger partial charge in [-0.15, -0.1) is 6.42 Å². The van der Waals surface area contributed by atoms with Gasteiger partial charge in [0, 0.05) is 0 Å². The fourth-order valence-electron chi connectivity index (χ4n) is 0.803. The maximum absolute atomic E-state index is 10.9. The summed E-state index contributed by atoms with van der Waals surface area (Å²) in [6.07, 6.45) is 6.71. The molecule has 1 atom stereocenters. The highest BCUT2D eigenvalue weighted by molar-refractivity contribution is 5.78. The molecule has 0 heterocycles. The molecular weight excluding hydrogens is 152 g/mol. The summed E-state index contributed by atoms with van der Waals surface area (Å²) in [5.74, 6) is 2.15. The van der Waals surface area contributed by atoms with E-state index < -0.39 is 0 Å². The third-order valence-corrected chi connectivity index (χ3v) is 1.35. The number of rotatable bonds is 4. The molecule has 0 radical (unpaired) electrons. The van der Waals surface area contributed by atoms with Gasteiger partial charge in [0.1, 0.15) is 6.42 Å². The van der Waals surface area contributed by atoms with Crippen molar-refractivity contribution in [1.29, 1.82) is 5.26 Å². The average molecular weight is 164 g/mol. The Morgan fingerprint density at radius 3 is 2.83 bits per heavy atom. The number of amides is 1. The van der Waals surface area contributed by atoms with Crippen LogP contribution < -0.4 is 5.32 Å². The second kappa shape index (κ2) is 6.24. The number of hydrogen-bond donors (Lipinski definition) is 1. The van der Waals surface area contributed by atoms with Gasteiger partial charge in [0.25, 0.3) is 0 Å². The lowest BCUT2D eigenvalue weighted by Crippen LogP contribution is -2.33. The fraction of sp³-hybridized carbons (Fsp3) is 0.556. The molecule has 3 nitrogen and oxygen atoms in total. The van der Waals surface area contributed by atoms with Crippen molar-refractivity contribution < 1.29 is 4.79 Å².